The number of nitriles is 1. The van der Waals surface area contributed by atoms with Gasteiger partial charge in [0, 0.05) is 5.92 Å². The molecular weight excluding hydrogens is 194 g/mol. The summed E-state index contributed by atoms with van der Waals surface area (Å²) in [7, 11) is 0. The molecule has 0 aliphatic heterocycles. The van der Waals surface area contributed by atoms with E-state index in [4.69, 9.17) is 5.26 Å². The lowest BCUT2D eigenvalue weighted by Gasteiger charge is -2.12. The van der Waals surface area contributed by atoms with Crippen LogP contribution >= 0.6 is 0 Å². The van der Waals surface area contributed by atoms with Crippen LogP contribution in [0.5, 0.6) is 0 Å². The summed E-state index contributed by atoms with van der Waals surface area (Å²) in [6, 6.07) is 20.3. The van der Waals surface area contributed by atoms with Crippen LogP contribution in [0.1, 0.15) is 29.5 Å². The minimum atomic E-state index is 0.328. The van der Waals surface area contributed by atoms with Crippen molar-refractivity contribution in [1.82, 2.24) is 0 Å². The molecule has 1 atom stereocenters. The number of benzene rings is 2. The fraction of sp³-hybridized carbons (Fsp3) is 0.133. The number of hydrogen-bond donors (Lipinski definition) is 0. The van der Waals surface area contributed by atoms with E-state index in [2.05, 4.69) is 31.2 Å². The van der Waals surface area contributed by atoms with E-state index in [1.54, 1.807) is 0 Å². The van der Waals surface area contributed by atoms with Crippen LogP contribution in [0.4, 0.5) is 0 Å². The highest BCUT2D eigenvalue weighted by Gasteiger charge is 2.07. The van der Waals surface area contributed by atoms with Crippen molar-refractivity contribution < 1.29 is 0 Å². The second-order valence-electron chi connectivity index (χ2n) is 3.87. The number of nitrogens with zero attached hydrogens (tertiary/aromatic N) is 1. The summed E-state index contributed by atoms with van der Waals surface area (Å²) in [5, 5.41) is 8.86. The molecule has 0 fully saturated rings. The molecule has 0 aromatic heterocycles. The minimum absolute atomic E-state index is 0.328. The van der Waals surface area contributed by atoms with Crippen LogP contribution in [0.2, 0.25) is 0 Å². The maximum Gasteiger partial charge on any atom is 0.0991 e. The topological polar surface area (TPSA) is 23.8 Å². The van der Waals surface area contributed by atoms with Crippen molar-refractivity contribution in [2.24, 2.45) is 0 Å². The Hall–Kier alpha value is -2.07. The zero-order valence-corrected chi connectivity index (χ0v) is 9.22. The second kappa shape index (κ2) is 4.63. The first-order chi connectivity index (χ1) is 7.81. The van der Waals surface area contributed by atoms with E-state index in [0.29, 0.717) is 5.92 Å². The lowest BCUT2D eigenvalue weighted by atomic mass is 9.92. The maximum absolute atomic E-state index is 8.86. The Labute approximate surface area is 96.0 Å². The van der Waals surface area contributed by atoms with E-state index in [0.717, 1.165) is 5.56 Å². The zero-order chi connectivity index (χ0) is 11.4. The molecular formula is C15H13N. The highest BCUT2D eigenvalue weighted by molar-refractivity contribution is 5.38. The standard InChI is InChI=1S/C15H13N/c1-12(14-7-3-2-4-8-14)15-9-5-6-13(10-15)11-16/h2-10,12H,1H3. The Morgan fingerprint density at radius 2 is 1.62 bits per heavy atom. The van der Waals surface area contributed by atoms with Gasteiger partial charge in [-0.25, -0.2) is 0 Å². The lowest BCUT2D eigenvalue weighted by Crippen LogP contribution is -1.95. The summed E-state index contributed by atoms with van der Waals surface area (Å²) >= 11 is 0. The Morgan fingerprint density at radius 3 is 2.31 bits per heavy atom. The highest BCUT2D eigenvalue weighted by Crippen LogP contribution is 2.24. The molecule has 2 aromatic carbocycles. The van der Waals surface area contributed by atoms with E-state index in [1.165, 1.54) is 11.1 Å². The fourth-order valence-electron chi connectivity index (χ4n) is 1.81. The van der Waals surface area contributed by atoms with Crippen molar-refractivity contribution in [2.75, 3.05) is 0 Å². The van der Waals surface area contributed by atoms with Crippen molar-refractivity contribution in [3.63, 3.8) is 0 Å². The number of rotatable bonds is 2. The average molecular weight is 207 g/mol. The van der Waals surface area contributed by atoms with E-state index in [9.17, 15) is 0 Å². The van der Waals surface area contributed by atoms with Crippen LogP contribution in [0.15, 0.2) is 54.6 Å². The van der Waals surface area contributed by atoms with E-state index in [1.807, 2.05) is 36.4 Å². The summed E-state index contributed by atoms with van der Waals surface area (Å²) in [5.74, 6) is 0.328. The van der Waals surface area contributed by atoms with Gasteiger partial charge in [-0.1, -0.05) is 49.4 Å². The molecule has 16 heavy (non-hydrogen) atoms. The maximum atomic E-state index is 8.86. The van der Waals surface area contributed by atoms with Crippen molar-refractivity contribution in [2.45, 2.75) is 12.8 Å². The first kappa shape index (κ1) is 10.4. The van der Waals surface area contributed by atoms with Gasteiger partial charge in [-0.3, -0.25) is 0 Å². The summed E-state index contributed by atoms with van der Waals surface area (Å²) in [4.78, 5) is 0. The van der Waals surface area contributed by atoms with Crippen molar-refractivity contribution in [3.05, 3.63) is 71.3 Å². The molecule has 2 rings (SSSR count). The van der Waals surface area contributed by atoms with Crippen LogP contribution in [-0.4, -0.2) is 0 Å². The van der Waals surface area contributed by atoms with Crippen LogP contribution in [-0.2, 0) is 0 Å². The monoisotopic (exact) mass is 207 g/mol. The van der Waals surface area contributed by atoms with Gasteiger partial charge in [0.05, 0.1) is 11.6 Å². The fourth-order valence-corrected chi connectivity index (χ4v) is 1.81. The van der Waals surface area contributed by atoms with Crippen LogP contribution < -0.4 is 0 Å². The summed E-state index contributed by atoms with van der Waals surface area (Å²) < 4.78 is 0. The van der Waals surface area contributed by atoms with Crippen molar-refractivity contribution in [1.29, 1.82) is 5.26 Å². The Morgan fingerprint density at radius 1 is 0.938 bits per heavy atom. The van der Waals surface area contributed by atoms with Crippen molar-refractivity contribution in [3.8, 4) is 6.07 Å². The van der Waals surface area contributed by atoms with Crippen LogP contribution in [0.25, 0.3) is 0 Å². The molecule has 0 saturated carbocycles. The zero-order valence-electron chi connectivity index (χ0n) is 9.22. The minimum Gasteiger partial charge on any atom is -0.192 e. The second-order valence-corrected chi connectivity index (χ2v) is 3.87. The summed E-state index contributed by atoms with van der Waals surface area (Å²) in [6.07, 6.45) is 0. The predicted molar refractivity (Wildman–Crippen MR) is 65.1 cm³/mol. The first-order valence-electron chi connectivity index (χ1n) is 5.36. The molecule has 0 bridgehead atoms. The third-order valence-electron chi connectivity index (χ3n) is 2.82. The quantitative estimate of drug-likeness (QED) is 0.736. The van der Waals surface area contributed by atoms with Crippen LogP contribution in [0, 0.1) is 11.3 Å². The van der Waals surface area contributed by atoms with Gasteiger partial charge in [0.1, 0.15) is 0 Å². The van der Waals surface area contributed by atoms with Gasteiger partial charge in [0.15, 0.2) is 0 Å². The van der Waals surface area contributed by atoms with Gasteiger partial charge in [0.25, 0.3) is 0 Å². The van der Waals surface area contributed by atoms with Crippen molar-refractivity contribution >= 4 is 0 Å². The normalized spacial score (nSPS) is 11.8. The molecule has 78 valence electrons. The molecule has 1 unspecified atom stereocenters. The largest absolute Gasteiger partial charge is 0.192 e. The van der Waals surface area contributed by atoms with Gasteiger partial charge in [-0.05, 0) is 23.3 Å². The molecule has 1 heteroatoms. The molecule has 0 spiro atoms. The highest BCUT2D eigenvalue weighted by atomic mass is 14.2. The smallest absolute Gasteiger partial charge is 0.0991 e. The van der Waals surface area contributed by atoms with Crippen LogP contribution in [0.3, 0.4) is 0 Å². The summed E-state index contributed by atoms with van der Waals surface area (Å²) in [5.41, 5.74) is 3.18. The van der Waals surface area contributed by atoms with Gasteiger partial charge >= 0.3 is 0 Å². The molecule has 0 heterocycles. The summed E-state index contributed by atoms with van der Waals surface area (Å²) in [6.45, 7) is 2.16. The SMILES string of the molecule is CC(c1ccccc1)c1cccc(C#N)c1. The lowest BCUT2D eigenvalue weighted by molar-refractivity contribution is 0.921. The molecule has 0 aliphatic rings. The average Bonchev–Trinajstić information content (AvgIpc) is 2.39. The molecule has 0 saturated heterocycles. The Kier molecular flexibility index (Phi) is 3.03. The van der Waals surface area contributed by atoms with E-state index >= 15 is 0 Å². The molecule has 0 aliphatic carbocycles. The number of hydrogen-bond acceptors (Lipinski definition) is 1. The molecule has 0 radical (unpaired) electrons. The predicted octanol–water partition coefficient (Wildman–Crippen LogP) is 3.71. The Balaban J connectivity index is 2.35. The van der Waals surface area contributed by atoms with Gasteiger partial charge in [-0.2, -0.15) is 5.26 Å². The Bertz CT molecular complexity index is 508. The first-order valence-corrected chi connectivity index (χ1v) is 5.36. The van der Waals surface area contributed by atoms with E-state index in [-0.39, 0.29) is 0 Å². The van der Waals surface area contributed by atoms with Gasteiger partial charge < -0.3 is 0 Å². The molecule has 1 nitrogen and oxygen atoms in total. The molecule has 0 amide bonds. The van der Waals surface area contributed by atoms with Gasteiger partial charge in [-0.15, -0.1) is 0 Å². The van der Waals surface area contributed by atoms with E-state index < -0.39 is 0 Å². The molecule has 0 N–H and O–H groups in total. The third kappa shape index (κ3) is 2.12. The third-order valence-corrected chi connectivity index (χ3v) is 2.82. The van der Waals surface area contributed by atoms with Gasteiger partial charge in [0.2, 0.25) is 0 Å². The molecule has 2 aromatic rings.